The maximum Gasteiger partial charge on any atom is 0.322 e. The van der Waals surface area contributed by atoms with E-state index in [1.165, 1.54) is 0 Å². The molecule has 2 aromatic rings. The van der Waals surface area contributed by atoms with Crippen LogP contribution in [0.1, 0.15) is 28.9 Å². The average Bonchev–Trinajstić information content (AvgIpc) is 2.54. The molecule has 0 saturated heterocycles. The molecule has 0 aliphatic heterocycles. The Morgan fingerprint density at radius 2 is 1.68 bits per heavy atom. The van der Waals surface area contributed by atoms with E-state index in [0.29, 0.717) is 11.3 Å². The molecule has 0 aliphatic rings. The fourth-order valence-electron chi connectivity index (χ4n) is 2.11. The molecule has 0 aliphatic carbocycles. The molecule has 0 heterocycles. The number of carbonyl (C=O) groups is 2. The Morgan fingerprint density at radius 3 is 2.36 bits per heavy atom. The van der Waals surface area contributed by atoms with Crippen molar-refractivity contribution in [2.75, 3.05) is 11.9 Å². The Labute approximate surface area is 129 Å². The molecule has 0 fully saturated rings. The van der Waals surface area contributed by atoms with Crippen LogP contribution in [0.2, 0.25) is 0 Å². The van der Waals surface area contributed by atoms with Crippen molar-refractivity contribution in [3.05, 3.63) is 65.7 Å². The SMILES string of the molecule is CC(NC(=O)c1ccccc1NCC(=O)O)c1ccccc1. The van der Waals surface area contributed by atoms with E-state index in [2.05, 4.69) is 10.6 Å². The van der Waals surface area contributed by atoms with Gasteiger partial charge in [0.15, 0.2) is 0 Å². The van der Waals surface area contributed by atoms with E-state index in [4.69, 9.17) is 5.11 Å². The summed E-state index contributed by atoms with van der Waals surface area (Å²) < 4.78 is 0. The summed E-state index contributed by atoms with van der Waals surface area (Å²) in [5, 5.41) is 14.4. The third kappa shape index (κ3) is 4.09. The molecule has 2 rings (SSSR count). The Bertz CT molecular complexity index is 656. The Kier molecular flexibility index (Phi) is 5.14. The standard InChI is InChI=1S/C17H18N2O3/c1-12(13-7-3-2-4-8-13)19-17(22)14-9-5-6-10-15(14)18-11-16(20)21/h2-10,12,18H,11H2,1H3,(H,19,22)(H,20,21). The molecule has 114 valence electrons. The van der Waals surface area contributed by atoms with E-state index in [1.807, 2.05) is 37.3 Å². The Balaban J connectivity index is 2.11. The third-order valence-electron chi connectivity index (χ3n) is 3.25. The lowest BCUT2D eigenvalue weighted by atomic mass is 10.1. The topological polar surface area (TPSA) is 78.4 Å². The highest BCUT2D eigenvalue weighted by Crippen LogP contribution is 2.17. The van der Waals surface area contributed by atoms with Gasteiger partial charge in [-0.05, 0) is 24.6 Å². The molecule has 22 heavy (non-hydrogen) atoms. The van der Waals surface area contributed by atoms with Crippen molar-refractivity contribution >= 4 is 17.6 Å². The fraction of sp³-hybridized carbons (Fsp3) is 0.176. The largest absolute Gasteiger partial charge is 0.480 e. The molecule has 2 aromatic carbocycles. The quantitative estimate of drug-likeness (QED) is 0.766. The van der Waals surface area contributed by atoms with Crippen LogP contribution in [-0.2, 0) is 4.79 Å². The van der Waals surface area contributed by atoms with E-state index in [0.717, 1.165) is 5.56 Å². The Morgan fingerprint density at radius 1 is 1.05 bits per heavy atom. The summed E-state index contributed by atoms with van der Waals surface area (Å²) in [6, 6.07) is 16.3. The molecule has 3 N–H and O–H groups in total. The van der Waals surface area contributed by atoms with Crippen molar-refractivity contribution in [3.8, 4) is 0 Å². The van der Waals surface area contributed by atoms with E-state index in [1.54, 1.807) is 24.3 Å². The van der Waals surface area contributed by atoms with Crippen LogP contribution in [0.15, 0.2) is 54.6 Å². The Hall–Kier alpha value is -2.82. The number of rotatable bonds is 6. The number of para-hydroxylation sites is 1. The molecule has 1 unspecified atom stereocenters. The van der Waals surface area contributed by atoms with Gasteiger partial charge in [-0.25, -0.2) is 0 Å². The van der Waals surface area contributed by atoms with E-state index in [9.17, 15) is 9.59 Å². The van der Waals surface area contributed by atoms with Crippen LogP contribution < -0.4 is 10.6 Å². The zero-order valence-electron chi connectivity index (χ0n) is 12.2. The predicted octanol–water partition coefficient (Wildman–Crippen LogP) is 2.67. The molecule has 0 spiro atoms. The number of aliphatic carboxylic acids is 1. The van der Waals surface area contributed by atoms with Crippen molar-refractivity contribution < 1.29 is 14.7 Å². The summed E-state index contributed by atoms with van der Waals surface area (Å²) in [4.78, 5) is 23.0. The lowest BCUT2D eigenvalue weighted by Crippen LogP contribution is -2.27. The van der Waals surface area contributed by atoms with Gasteiger partial charge in [0.25, 0.3) is 5.91 Å². The molecule has 5 nitrogen and oxygen atoms in total. The minimum absolute atomic E-state index is 0.138. The molecule has 0 aromatic heterocycles. The summed E-state index contributed by atoms with van der Waals surface area (Å²) >= 11 is 0. The van der Waals surface area contributed by atoms with Gasteiger partial charge < -0.3 is 15.7 Å². The number of carbonyl (C=O) groups excluding carboxylic acids is 1. The lowest BCUT2D eigenvalue weighted by Gasteiger charge is -2.16. The van der Waals surface area contributed by atoms with Gasteiger partial charge in [-0.1, -0.05) is 42.5 Å². The molecule has 1 atom stereocenters. The minimum atomic E-state index is -0.979. The highest BCUT2D eigenvalue weighted by atomic mass is 16.4. The maximum atomic E-state index is 12.4. The molecular formula is C17H18N2O3. The van der Waals surface area contributed by atoms with Gasteiger partial charge in [0.05, 0.1) is 11.6 Å². The van der Waals surface area contributed by atoms with Gasteiger partial charge in [0.1, 0.15) is 6.54 Å². The number of anilines is 1. The first kappa shape index (κ1) is 15.6. The zero-order chi connectivity index (χ0) is 15.9. The average molecular weight is 298 g/mol. The number of nitrogens with one attached hydrogen (secondary N) is 2. The number of carboxylic acids is 1. The summed E-state index contributed by atoms with van der Waals surface area (Å²) in [6.07, 6.45) is 0. The van der Waals surface area contributed by atoms with Crippen molar-refractivity contribution in [3.63, 3.8) is 0 Å². The highest BCUT2D eigenvalue weighted by molar-refractivity contribution is 6.00. The van der Waals surface area contributed by atoms with Crippen LogP contribution in [0.5, 0.6) is 0 Å². The summed E-state index contributed by atoms with van der Waals surface area (Å²) in [5.74, 6) is -1.22. The predicted molar refractivity (Wildman–Crippen MR) is 84.9 cm³/mol. The normalized spacial score (nSPS) is 11.5. The zero-order valence-corrected chi connectivity index (χ0v) is 12.2. The van der Waals surface area contributed by atoms with Gasteiger partial charge in [-0.3, -0.25) is 9.59 Å². The first-order valence-corrected chi connectivity index (χ1v) is 6.98. The number of benzene rings is 2. The smallest absolute Gasteiger partial charge is 0.322 e. The van der Waals surface area contributed by atoms with Crippen LogP contribution in [0, 0.1) is 0 Å². The highest BCUT2D eigenvalue weighted by Gasteiger charge is 2.14. The molecule has 0 radical (unpaired) electrons. The molecule has 0 bridgehead atoms. The third-order valence-corrected chi connectivity index (χ3v) is 3.25. The maximum absolute atomic E-state index is 12.4. The van der Waals surface area contributed by atoms with Crippen LogP contribution >= 0.6 is 0 Å². The first-order valence-electron chi connectivity index (χ1n) is 6.98. The van der Waals surface area contributed by atoms with Gasteiger partial charge in [-0.15, -0.1) is 0 Å². The van der Waals surface area contributed by atoms with E-state index >= 15 is 0 Å². The second-order valence-corrected chi connectivity index (χ2v) is 4.90. The van der Waals surface area contributed by atoms with Gasteiger partial charge >= 0.3 is 5.97 Å². The van der Waals surface area contributed by atoms with Gasteiger partial charge in [0.2, 0.25) is 0 Å². The monoisotopic (exact) mass is 298 g/mol. The van der Waals surface area contributed by atoms with Crippen LogP contribution in [0.4, 0.5) is 5.69 Å². The second-order valence-electron chi connectivity index (χ2n) is 4.90. The lowest BCUT2D eigenvalue weighted by molar-refractivity contribution is -0.134. The van der Waals surface area contributed by atoms with Crippen molar-refractivity contribution in [2.24, 2.45) is 0 Å². The van der Waals surface area contributed by atoms with Gasteiger partial charge in [-0.2, -0.15) is 0 Å². The minimum Gasteiger partial charge on any atom is -0.480 e. The van der Waals surface area contributed by atoms with Crippen LogP contribution in [0.25, 0.3) is 0 Å². The number of hydrogen-bond donors (Lipinski definition) is 3. The summed E-state index contributed by atoms with van der Waals surface area (Å²) in [7, 11) is 0. The van der Waals surface area contributed by atoms with Crippen LogP contribution in [-0.4, -0.2) is 23.5 Å². The second kappa shape index (κ2) is 7.26. The molecule has 5 heteroatoms. The number of amides is 1. The molecular weight excluding hydrogens is 280 g/mol. The van der Waals surface area contributed by atoms with E-state index < -0.39 is 5.97 Å². The van der Waals surface area contributed by atoms with Crippen molar-refractivity contribution in [2.45, 2.75) is 13.0 Å². The fourth-order valence-corrected chi connectivity index (χ4v) is 2.11. The van der Waals surface area contributed by atoms with Crippen molar-refractivity contribution in [1.82, 2.24) is 5.32 Å². The van der Waals surface area contributed by atoms with Crippen LogP contribution in [0.3, 0.4) is 0 Å². The first-order chi connectivity index (χ1) is 10.6. The number of hydrogen-bond acceptors (Lipinski definition) is 3. The summed E-state index contributed by atoms with van der Waals surface area (Å²) in [5.41, 5.74) is 1.93. The van der Waals surface area contributed by atoms with Crippen molar-refractivity contribution in [1.29, 1.82) is 0 Å². The van der Waals surface area contributed by atoms with Gasteiger partial charge in [0, 0.05) is 5.69 Å². The van der Waals surface area contributed by atoms with E-state index in [-0.39, 0.29) is 18.5 Å². The molecule has 1 amide bonds. The summed E-state index contributed by atoms with van der Waals surface area (Å²) in [6.45, 7) is 1.67. The number of carboxylic acid groups (broad SMARTS) is 1. The molecule has 0 saturated carbocycles.